The Labute approximate surface area is 109 Å². The molecule has 0 aliphatic rings. The van der Waals surface area contributed by atoms with Gasteiger partial charge in [-0.25, -0.2) is 9.78 Å². The quantitative estimate of drug-likeness (QED) is 0.616. The highest BCUT2D eigenvalue weighted by Gasteiger charge is 2.16. The van der Waals surface area contributed by atoms with E-state index >= 15 is 0 Å². The van der Waals surface area contributed by atoms with Crippen LogP contribution in [0, 0.1) is 0 Å². The molecule has 1 aromatic heterocycles. The molecule has 5 nitrogen and oxygen atoms in total. The number of aromatic nitrogens is 1. The van der Waals surface area contributed by atoms with Gasteiger partial charge < -0.3 is 15.2 Å². The summed E-state index contributed by atoms with van der Waals surface area (Å²) in [6, 6.07) is 0. The standard InChI is InChI=1S/C10H15ClN2O3S/c1-6(14)4-3-5-12-10-13-8(11)7(17-10)9(15)16-2/h6,14H,3-5H2,1-2H3,(H,12,13). The first kappa shape index (κ1) is 14.2. The lowest BCUT2D eigenvalue weighted by Gasteiger charge is -2.04. The predicted molar refractivity (Wildman–Crippen MR) is 67.9 cm³/mol. The molecule has 1 unspecified atom stereocenters. The fraction of sp³-hybridized carbons (Fsp3) is 0.600. The molecule has 0 saturated carbocycles. The summed E-state index contributed by atoms with van der Waals surface area (Å²) in [5.74, 6) is -0.482. The van der Waals surface area contributed by atoms with Gasteiger partial charge in [0.25, 0.3) is 0 Å². The lowest BCUT2D eigenvalue weighted by molar-refractivity contribution is 0.0606. The molecule has 1 atom stereocenters. The van der Waals surface area contributed by atoms with Crippen molar-refractivity contribution in [1.82, 2.24) is 4.98 Å². The van der Waals surface area contributed by atoms with E-state index in [-0.39, 0.29) is 11.3 Å². The van der Waals surface area contributed by atoms with Crippen molar-refractivity contribution >= 4 is 34.0 Å². The van der Waals surface area contributed by atoms with E-state index in [2.05, 4.69) is 15.0 Å². The number of nitrogens with one attached hydrogen (secondary N) is 1. The summed E-state index contributed by atoms with van der Waals surface area (Å²) in [4.78, 5) is 15.6. The van der Waals surface area contributed by atoms with Gasteiger partial charge in [0.05, 0.1) is 13.2 Å². The molecular formula is C10H15ClN2O3S. The van der Waals surface area contributed by atoms with Crippen molar-refractivity contribution in [3.8, 4) is 0 Å². The fourth-order valence-corrected chi connectivity index (χ4v) is 2.32. The highest BCUT2D eigenvalue weighted by molar-refractivity contribution is 7.18. The second-order valence-corrected chi connectivity index (χ2v) is 4.91. The largest absolute Gasteiger partial charge is 0.465 e. The van der Waals surface area contributed by atoms with Crippen LogP contribution in [0.2, 0.25) is 5.15 Å². The van der Waals surface area contributed by atoms with Gasteiger partial charge in [0.1, 0.15) is 0 Å². The van der Waals surface area contributed by atoms with E-state index in [0.29, 0.717) is 16.6 Å². The first-order chi connectivity index (χ1) is 8.04. The molecule has 2 N–H and O–H groups in total. The molecule has 0 fully saturated rings. The summed E-state index contributed by atoms with van der Waals surface area (Å²) in [5, 5.41) is 12.9. The summed E-state index contributed by atoms with van der Waals surface area (Å²) in [6.07, 6.45) is 1.24. The Kier molecular flexibility index (Phi) is 5.67. The Morgan fingerprint density at radius 3 is 3.00 bits per heavy atom. The third-order valence-corrected chi connectivity index (χ3v) is 3.41. The topological polar surface area (TPSA) is 71.5 Å². The molecule has 0 spiro atoms. The number of methoxy groups -OCH3 is 1. The lowest BCUT2D eigenvalue weighted by Crippen LogP contribution is -2.06. The summed E-state index contributed by atoms with van der Waals surface area (Å²) in [6.45, 7) is 2.42. The number of aliphatic hydroxyl groups is 1. The fourth-order valence-electron chi connectivity index (χ4n) is 1.19. The van der Waals surface area contributed by atoms with E-state index in [9.17, 15) is 4.79 Å². The van der Waals surface area contributed by atoms with Crippen LogP contribution in [0.3, 0.4) is 0 Å². The molecule has 1 rings (SSSR count). The predicted octanol–water partition coefficient (Wildman–Crippen LogP) is 2.16. The summed E-state index contributed by atoms with van der Waals surface area (Å²) in [5.41, 5.74) is 0. The van der Waals surface area contributed by atoms with Gasteiger partial charge in [-0.15, -0.1) is 0 Å². The molecule has 1 aromatic rings. The van der Waals surface area contributed by atoms with Crippen LogP contribution in [0.15, 0.2) is 0 Å². The molecule has 17 heavy (non-hydrogen) atoms. The molecule has 0 radical (unpaired) electrons. The second kappa shape index (κ2) is 6.78. The minimum Gasteiger partial charge on any atom is -0.465 e. The normalized spacial score (nSPS) is 12.2. The number of hydrogen-bond acceptors (Lipinski definition) is 6. The Balaban J connectivity index is 2.47. The zero-order valence-corrected chi connectivity index (χ0v) is 11.3. The summed E-state index contributed by atoms with van der Waals surface area (Å²) < 4.78 is 4.57. The van der Waals surface area contributed by atoms with Crippen LogP contribution in [-0.4, -0.2) is 35.8 Å². The average molecular weight is 279 g/mol. The van der Waals surface area contributed by atoms with Gasteiger partial charge in [0.15, 0.2) is 15.2 Å². The Hall–Kier alpha value is -0.850. The van der Waals surface area contributed by atoms with E-state index in [1.807, 2.05) is 0 Å². The molecule has 0 bridgehead atoms. The number of carbonyl (C=O) groups is 1. The Morgan fingerprint density at radius 2 is 2.41 bits per heavy atom. The molecule has 96 valence electrons. The van der Waals surface area contributed by atoms with Crippen molar-refractivity contribution in [2.24, 2.45) is 0 Å². The minimum absolute atomic E-state index is 0.153. The van der Waals surface area contributed by atoms with E-state index < -0.39 is 5.97 Å². The highest BCUT2D eigenvalue weighted by Crippen LogP contribution is 2.27. The third kappa shape index (κ3) is 4.49. The van der Waals surface area contributed by atoms with Gasteiger partial charge >= 0.3 is 5.97 Å². The van der Waals surface area contributed by atoms with Gasteiger partial charge in [-0.05, 0) is 19.8 Å². The molecule has 0 aromatic carbocycles. The Bertz CT molecular complexity index is 382. The van der Waals surface area contributed by atoms with Crippen molar-refractivity contribution in [2.45, 2.75) is 25.9 Å². The number of hydrogen-bond donors (Lipinski definition) is 2. The smallest absolute Gasteiger partial charge is 0.351 e. The van der Waals surface area contributed by atoms with Gasteiger partial charge in [0, 0.05) is 6.54 Å². The van der Waals surface area contributed by atoms with Crippen molar-refractivity contribution in [3.63, 3.8) is 0 Å². The van der Waals surface area contributed by atoms with Crippen LogP contribution < -0.4 is 5.32 Å². The van der Waals surface area contributed by atoms with Gasteiger partial charge in [-0.1, -0.05) is 22.9 Å². The van der Waals surface area contributed by atoms with Crippen LogP contribution in [0.4, 0.5) is 5.13 Å². The van der Waals surface area contributed by atoms with E-state index in [4.69, 9.17) is 16.7 Å². The maximum Gasteiger partial charge on any atom is 0.351 e. The monoisotopic (exact) mass is 278 g/mol. The average Bonchev–Trinajstić information content (AvgIpc) is 2.65. The summed E-state index contributed by atoms with van der Waals surface area (Å²) >= 11 is 6.96. The lowest BCUT2D eigenvalue weighted by atomic mass is 10.2. The molecule has 7 heteroatoms. The minimum atomic E-state index is -0.482. The molecule has 0 saturated heterocycles. The van der Waals surface area contributed by atoms with E-state index in [0.717, 1.165) is 24.2 Å². The first-order valence-corrected chi connectivity index (χ1v) is 6.40. The van der Waals surface area contributed by atoms with Crippen LogP contribution >= 0.6 is 22.9 Å². The number of nitrogens with zero attached hydrogens (tertiary/aromatic N) is 1. The SMILES string of the molecule is COC(=O)c1sc(NCCCC(C)O)nc1Cl. The molecule has 0 amide bonds. The van der Waals surface area contributed by atoms with E-state index in [1.165, 1.54) is 7.11 Å². The van der Waals surface area contributed by atoms with Gasteiger partial charge in [0.2, 0.25) is 0 Å². The van der Waals surface area contributed by atoms with Crippen molar-refractivity contribution in [3.05, 3.63) is 10.0 Å². The second-order valence-electron chi connectivity index (χ2n) is 3.55. The zero-order valence-electron chi connectivity index (χ0n) is 9.70. The number of halogens is 1. The third-order valence-electron chi connectivity index (χ3n) is 2.03. The van der Waals surface area contributed by atoms with E-state index in [1.54, 1.807) is 6.92 Å². The van der Waals surface area contributed by atoms with Crippen LogP contribution in [0.5, 0.6) is 0 Å². The Morgan fingerprint density at radius 1 is 1.71 bits per heavy atom. The molecule has 0 aliphatic heterocycles. The number of anilines is 1. The van der Waals surface area contributed by atoms with Gasteiger partial charge in [-0.2, -0.15) is 0 Å². The maximum absolute atomic E-state index is 11.3. The van der Waals surface area contributed by atoms with Crippen LogP contribution in [-0.2, 0) is 4.74 Å². The number of carbonyl (C=O) groups excluding carboxylic acids is 1. The van der Waals surface area contributed by atoms with Crippen molar-refractivity contribution in [2.75, 3.05) is 19.0 Å². The van der Waals surface area contributed by atoms with Crippen LogP contribution in [0.25, 0.3) is 0 Å². The van der Waals surface area contributed by atoms with Crippen molar-refractivity contribution in [1.29, 1.82) is 0 Å². The number of esters is 1. The highest BCUT2D eigenvalue weighted by atomic mass is 35.5. The van der Waals surface area contributed by atoms with Crippen molar-refractivity contribution < 1.29 is 14.6 Å². The summed E-state index contributed by atoms with van der Waals surface area (Å²) in [7, 11) is 1.30. The number of thiazole rings is 1. The first-order valence-electron chi connectivity index (χ1n) is 5.21. The number of ether oxygens (including phenoxy) is 1. The van der Waals surface area contributed by atoms with Crippen LogP contribution in [0.1, 0.15) is 29.4 Å². The number of aliphatic hydroxyl groups excluding tert-OH is 1. The molecule has 1 heterocycles. The van der Waals surface area contributed by atoms with Gasteiger partial charge in [-0.3, -0.25) is 0 Å². The maximum atomic E-state index is 11.3. The molecule has 0 aliphatic carbocycles. The zero-order chi connectivity index (χ0) is 12.8. The molecular weight excluding hydrogens is 264 g/mol. The number of rotatable bonds is 6.